The van der Waals surface area contributed by atoms with Crippen LogP contribution in [-0.4, -0.2) is 65.7 Å². The van der Waals surface area contributed by atoms with E-state index in [1.807, 2.05) is 61.2 Å². The van der Waals surface area contributed by atoms with Gasteiger partial charge in [-0.05, 0) is 68.2 Å². The van der Waals surface area contributed by atoms with E-state index >= 15 is 0 Å². The first-order valence-corrected chi connectivity index (χ1v) is 15.7. The third kappa shape index (κ3) is 9.65. The lowest BCUT2D eigenvalue weighted by Crippen LogP contribution is -2.57. The summed E-state index contributed by atoms with van der Waals surface area (Å²) in [6, 6.07) is 13.8. The van der Waals surface area contributed by atoms with Crippen LogP contribution in [0.15, 0.2) is 54.6 Å². The fraction of sp³-hybridized carbons (Fsp3) is 0.500. The molecule has 4 N–H and O–H groups in total. The van der Waals surface area contributed by atoms with Crippen LogP contribution in [-0.2, 0) is 32.1 Å². The number of hydrogen-bond donors (Lipinski definition) is 4. The highest BCUT2D eigenvalue weighted by atomic mass is 16.2. The molecule has 1 aliphatic carbocycles. The lowest BCUT2D eigenvalue weighted by molar-refractivity contribution is -0.133. The van der Waals surface area contributed by atoms with Crippen molar-refractivity contribution in [1.82, 2.24) is 26.2 Å². The summed E-state index contributed by atoms with van der Waals surface area (Å²) >= 11 is 0. The van der Waals surface area contributed by atoms with Crippen molar-refractivity contribution >= 4 is 29.5 Å². The molecule has 0 saturated heterocycles. The Morgan fingerprint density at radius 2 is 1.52 bits per heavy atom. The third-order valence-electron chi connectivity index (χ3n) is 7.98. The largest absolute Gasteiger partial charge is 0.354 e. The average Bonchev–Trinajstić information content (AvgIpc) is 3.85. The van der Waals surface area contributed by atoms with Crippen molar-refractivity contribution in [1.29, 1.82) is 0 Å². The summed E-state index contributed by atoms with van der Waals surface area (Å²) < 4.78 is 0. The number of carbonyl (C=O) groups is 5. The van der Waals surface area contributed by atoms with E-state index < -0.39 is 35.8 Å². The molecule has 0 spiro atoms. The molecule has 236 valence electrons. The zero-order valence-electron chi connectivity index (χ0n) is 25.9. The highest BCUT2D eigenvalue weighted by Crippen LogP contribution is 2.31. The predicted octanol–water partition coefficient (Wildman–Crippen LogP) is 2.71. The van der Waals surface area contributed by atoms with Gasteiger partial charge in [-0.2, -0.15) is 0 Å². The summed E-state index contributed by atoms with van der Waals surface area (Å²) in [7, 11) is 0. The number of amides is 5. The second kappa shape index (κ2) is 15.5. The van der Waals surface area contributed by atoms with Crippen LogP contribution in [0, 0.1) is 11.8 Å². The minimum absolute atomic E-state index is 0.0749. The quantitative estimate of drug-likeness (QED) is 0.390. The standard InChI is InChI=1S/C34H45N5O5/c1-22(2)19-28-32(42)36-23(3)30(40)35-17-7-8-18-39(34(44)27-15-16-27)21-25-11-13-26(14-12-25)31(41)37-29(33(43)38-28)20-24-9-5-4-6-10-24/h4-6,9-14,22-23,27-29H,7-8,15-21H2,1-3H3,(H,35,40)(H,36,42)(H,37,41)(H,38,43)/t23-,28+,29-/m1/s1. The first-order valence-electron chi connectivity index (χ1n) is 15.7. The van der Waals surface area contributed by atoms with Crippen molar-refractivity contribution in [3.63, 3.8) is 0 Å². The van der Waals surface area contributed by atoms with E-state index in [2.05, 4.69) is 21.3 Å². The van der Waals surface area contributed by atoms with Crippen molar-refractivity contribution < 1.29 is 24.0 Å². The van der Waals surface area contributed by atoms with Gasteiger partial charge >= 0.3 is 0 Å². The van der Waals surface area contributed by atoms with E-state index in [0.29, 0.717) is 44.5 Å². The van der Waals surface area contributed by atoms with Crippen molar-refractivity contribution in [3.8, 4) is 0 Å². The molecule has 2 aliphatic heterocycles. The molecule has 1 fully saturated rings. The van der Waals surface area contributed by atoms with E-state index in [1.54, 1.807) is 19.1 Å². The van der Waals surface area contributed by atoms with Crippen LogP contribution in [0.1, 0.15) is 74.4 Å². The van der Waals surface area contributed by atoms with E-state index in [1.165, 1.54) is 0 Å². The van der Waals surface area contributed by atoms with Crippen LogP contribution in [0.25, 0.3) is 0 Å². The summed E-state index contributed by atoms with van der Waals surface area (Å²) in [6.07, 6.45) is 3.78. The van der Waals surface area contributed by atoms with Gasteiger partial charge in [-0.25, -0.2) is 0 Å². The van der Waals surface area contributed by atoms with E-state index in [9.17, 15) is 24.0 Å². The second-order valence-corrected chi connectivity index (χ2v) is 12.4. The Morgan fingerprint density at radius 3 is 2.18 bits per heavy atom. The lowest BCUT2D eigenvalue weighted by atomic mass is 10.0. The average molecular weight is 604 g/mol. The van der Waals surface area contributed by atoms with Gasteiger partial charge in [0.15, 0.2) is 0 Å². The second-order valence-electron chi connectivity index (χ2n) is 12.4. The third-order valence-corrected chi connectivity index (χ3v) is 7.98. The van der Waals surface area contributed by atoms with Crippen molar-refractivity contribution in [2.45, 2.75) is 84.0 Å². The monoisotopic (exact) mass is 603 g/mol. The molecular formula is C34H45N5O5. The SMILES string of the molecule is CC(C)C[C@@H]1NC(=O)[C@@H](Cc2ccccc2)NC(=O)c2ccc(cc2)CN(C(=O)C2CC2)CCCCNC(=O)[C@@H](C)NC1=O. The molecule has 2 bridgehead atoms. The maximum absolute atomic E-state index is 13.7. The molecule has 5 amide bonds. The fourth-order valence-electron chi connectivity index (χ4n) is 5.29. The van der Waals surface area contributed by atoms with Crippen molar-refractivity contribution in [2.24, 2.45) is 11.8 Å². The minimum atomic E-state index is -0.950. The zero-order valence-corrected chi connectivity index (χ0v) is 25.9. The van der Waals surface area contributed by atoms with Gasteiger partial charge in [0.05, 0.1) is 0 Å². The molecule has 0 aromatic heterocycles. The highest BCUT2D eigenvalue weighted by molar-refractivity contribution is 5.99. The van der Waals surface area contributed by atoms with Gasteiger partial charge in [-0.1, -0.05) is 56.3 Å². The maximum Gasteiger partial charge on any atom is 0.251 e. The highest BCUT2D eigenvalue weighted by Gasteiger charge is 2.33. The molecule has 3 atom stereocenters. The van der Waals surface area contributed by atoms with Crippen molar-refractivity contribution in [3.05, 3.63) is 71.3 Å². The maximum atomic E-state index is 13.7. The van der Waals surface area contributed by atoms with Crippen LogP contribution in [0.5, 0.6) is 0 Å². The van der Waals surface area contributed by atoms with Crippen LogP contribution in [0.4, 0.5) is 0 Å². The number of nitrogens with one attached hydrogen (secondary N) is 4. The topological polar surface area (TPSA) is 137 Å². The number of rotatable bonds is 5. The molecule has 1 saturated carbocycles. The Bertz CT molecular complexity index is 1310. The van der Waals surface area contributed by atoms with E-state index in [0.717, 1.165) is 24.0 Å². The molecule has 5 rings (SSSR count). The van der Waals surface area contributed by atoms with Gasteiger partial charge in [-0.15, -0.1) is 0 Å². The van der Waals surface area contributed by atoms with Gasteiger partial charge in [0.2, 0.25) is 23.6 Å². The minimum Gasteiger partial charge on any atom is -0.354 e. The predicted molar refractivity (Wildman–Crippen MR) is 167 cm³/mol. The summed E-state index contributed by atoms with van der Waals surface area (Å²) in [5, 5.41) is 11.3. The Hall–Kier alpha value is -4.21. The van der Waals surface area contributed by atoms with E-state index in [-0.39, 0.29) is 30.1 Å². The van der Waals surface area contributed by atoms with Crippen LogP contribution >= 0.6 is 0 Å². The van der Waals surface area contributed by atoms with Gasteiger partial charge in [0, 0.05) is 37.5 Å². The molecule has 0 radical (unpaired) electrons. The summed E-state index contributed by atoms with van der Waals surface area (Å²) in [4.78, 5) is 68.0. The fourth-order valence-corrected chi connectivity index (χ4v) is 5.29. The molecule has 10 heteroatoms. The number of benzene rings is 2. The number of fused-ring (bicyclic) bond motifs is 18. The number of hydrogen-bond acceptors (Lipinski definition) is 5. The smallest absolute Gasteiger partial charge is 0.251 e. The molecule has 2 aromatic carbocycles. The first kappa shape index (κ1) is 32.7. The lowest BCUT2D eigenvalue weighted by Gasteiger charge is -2.25. The van der Waals surface area contributed by atoms with Crippen LogP contribution in [0.2, 0.25) is 0 Å². The number of carbonyl (C=O) groups excluding carboxylic acids is 5. The Kier molecular flexibility index (Phi) is 11.5. The molecule has 3 aliphatic rings. The normalized spacial score (nSPS) is 22.8. The molecule has 10 nitrogen and oxygen atoms in total. The summed E-state index contributed by atoms with van der Waals surface area (Å²) in [5.41, 5.74) is 2.15. The zero-order chi connectivity index (χ0) is 31.6. The number of nitrogens with zero attached hydrogens (tertiary/aromatic N) is 1. The Morgan fingerprint density at radius 1 is 0.841 bits per heavy atom. The van der Waals surface area contributed by atoms with Gasteiger partial charge in [-0.3, -0.25) is 24.0 Å². The van der Waals surface area contributed by atoms with E-state index in [4.69, 9.17) is 0 Å². The molecule has 2 aromatic rings. The van der Waals surface area contributed by atoms with Crippen molar-refractivity contribution in [2.75, 3.05) is 13.1 Å². The van der Waals surface area contributed by atoms with Gasteiger partial charge in [0.25, 0.3) is 5.91 Å². The summed E-state index contributed by atoms with van der Waals surface area (Å²) in [6.45, 7) is 6.91. The molecule has 44 heavy (non-hydrogen) atoms. The summed E-state index contributed by atoms with van der Waals surface area (Å²) in [5.74, 6) is -1.40. The molecular weight excluding hydrogens is 558 g/mol. The van der Waals surface area contributed by atoms with Gasteiger partial charge < -0.3 is 26.2 Å². The molecule has 0 unspecified atom stereocenters. The Labute approximate surface area is 259 Å². The van der Waals surface area contributed by atoms with Crippen LogP contribution in [0.3, 0.4) is 0 Å². The first-order chi connectivity index (χ1) is 21.1. The van der Waals surface area contributed by atoms with Gasteiger partial charge in [0.1, 0.15) is 18.1 Å². The van der Waals surface area contributed by atoms with Crippen LogP contribution < -0.4 is 21.3 Å². The Balaban J connectivity index is 1.59. The molecule has 2 heterocycles.